The maximum absolute atomic E-state index is 12.6. The predicted molar refractivity (Wildman–Crippen MR) is 112 cm³/mol. The van der Waals surface area contributed by atoms with Gasteiger partial charge >= 0.3 is 0 Å². The molecule has 7 heteroatoms. The average molecular weight is 396 g/mol. The number of rotatable bonds is 5. The van der Waals surface area contributed by atoms with Crippen LogP contribution in [0.15, 0.2) is 36.5 Å². The fraction of sp³-hybridized carbons (Fsp3) is 0.381. The highest BCUT2D eigenvalue weighted by Gasteiger charge is 2.18. The minimum absolute atomic E-state index is 0.121. The second kappa shape index (κ2) is 8.24. The molecule has 3 heterocycles. The van der Waals surface area contributed by atoms with Crippen molar-refractivity contribution in [3.63, 3.8) is 0 Å². The van der Waals surface area contributed by atoms with Crippen LogP contribution in [0.2, 0.25) is 0 Å². The molecule has 1 fully saturated rings. The van der Waals surface area contributed by atoms with Crippen LogP contribution in [0.5, 0.6) is 0 Å². The minimum Gasteiger partial charge on any atom is -0.317 e. The normalized spacial score (nSPS) is 14.9. The number of carbonyl (C=O) groups is 1. The predicted octanol–water partition coefficient (Wildman–Crippen LogP) is 3.72. The quantitative estimate of drug-likeness (QED) is 0.691. The summed E-state index contributed by atoms with van der Waals surface area (Å²) in [6, 6.07) is 9.74. The van der Waals surface area contributed by atoms with Crippen LogP contribution < -0.4 is 10.6 Å². The van der Waals surface area contributed by atoms with Gasteiger partial charge < -0.3 is 5.32 Å². The van der Waals surface area contributed by atoms with Crippen LogP contribution in [-0.2, 0) is 6.54 Å². The molecule has 0 radical (unpaired) electrons. The molecule has 0 atom stereocenters. The van der Waals surface area contributed by atoms with E-state index in [4.69, 9.17) is 0 Å². The molecule has 1 aliphatic rings. The van der Waals surface area contributed by atoms with Gasteiger partial charge in [-0.3, -0.25) is 14.8 Å². The van der Waals surface area contributed by atoms with Gasteiger partial charge in [-0.25, -0.2) is 4.98 Å². The number of thiazole rings is 1. The third-order valence-corrected chi connectivity index (χ3v) is 6.21. The molecule has 2 aromatic heterocycles. The number of aromatic nitrogens is 3. The number of hydrogen-bond acceptors (Lipinski definition) is 5. The Hall–Kier alpha value is -2.51. The molecule has 4 rings (SSSR count). The number of nitrogens with one attached hydrogen (secondary N) is 2. The Morgan fingerprint density at radius 2 is 2.00 bits per heavy atom. The van der Waals surface area contributed by atoms with Crippen molar-refractivity contribution in [2.75, 3.05) is 18.4 Å². The summed E-state index contributed by atoms with van der Waals surface area (Å²) in [5.74, 6) is 0.432. The molecule has 1 aliphatic heterocycles. The molecule has 146 valence electrons. The van der Waals surface area contributed by atoms with Gasteiger partial charge in [0, 0.05) is 22.3 Å². The van der Waals surface area contributed by atoms with Crippen molar-refractivity contribution in [2.45, 2.75) is 39.2 Å². The van der Waals surface area contributed by atoms with Gasteiger partial charge in [-0.1, -0.05) is 12.1 Å². The van der Waals surface area contributed by atoms with Crippen molar-refractivity contribution in [3.05, 3.63) is 63.9 Å². The van der Waals surface area contributed by atoms with Crippen LogP contribution in [0.25, 0.3) is 0 Å². The second-order valence-corrected chi connectivity index (χ2v) is 8.39. The standard InChI is InChI=1S/C21H25N5OS/c1-14-11-15(2)26(25-14)13-16-3-5-18(6-4-16)20(27)24-21-23-12-19(28-21)17-7-9-22-10-8-17/h3-6,11-12,17,22H,7-10,13H2,1-2H3,(H,23,24,27). The van der Waals surface area contributed by atoms with E-state index in [1.807, 2.05) is 49.0 Å². The number of amides is 1. The van der Waals surface area contributed by atoms with E-state index in [0.29, 0.717) is 23.2 Å². The third kappa shape index (κ3) is 4.31. The molecule has 1 amide bonds. The molecule has 1 aromatic carbocycles. The molecule has 1 saturated heterocycles. The van der Waals surface area contributed by atoms with Crippen molar-refractivity contribution in [3.8, 4) is 0 Å². The SMILES string of the molecule is Cc1cc(C)n(Cc2ccc(C(=O)Nc3ncc(C4CCNCC4)s3)cc2)n1. The molecule has 0 spiro atoms. The Labute approximate surface area is 169 Å². The smallest absolute Gasteiger partial charge is 0.257 e. The summed E-state index contributed by atoms with van der Waals surface area (Å²) >= 11 is 1.59. The van der Waals surface area contributed by atoms with Crippen LogP contribution in [-0.4, -0.2) is 33.8 Å². The molecule has 0 unspecified atom stereocenters. The monoisotopic (exact) mass is 395 g/mol. The maximum atomic E-state index is 12.6. The van der Waals surface area contributed by atoms with Crippen LogP contribution in [0, 0.1) is 13.8 Å². The topological polar surface area (TPSA) is 71.8 Å². The van der Waals surface area contributed by atoms with Gasteiger partial charge in [-0.15, -0.1) is 11.3 Å². The summed E-state index contributed by atoms with van der Waals surface area (Å²) in [6.45, 7) is 6.84. The van der Waals surface area contributed by atoms with Crippen molar-refractivity contribution in [1.82, 2.24) is 20.1 Å². The Bertz CT molecular complexity index is 954. The first-order valence-electron chi connectivity index (χ1n) is 9.66. The van der Waals surface area contributed by atoms with E-state index in [2.05, 4.69) is 26.8 Å². The van der Waals surface area contributed by atoms with E-state index >= 15 is 0 Å². The zero-order valence-corrected chi connectivity index (χ0v) is 17.1. The lowest BCUT2D eigenvalue weighted by Crippen LogP contribution is -2.26. The fourth-order valence-electron chi connectivity index (χ4n) is 3.58. The molecule has 0 bridgehead atoms. The molecule has 6 nitrogen and oxygen atoms in total. The Kier molecular flexibility index (Phi) is 5.54. The van der Waals surface area contributed by atoms with E-state index < -0.39 is 0 Å². The van der Waals surface area contributed by atoms with Gasteiger partial charge in [-0.05, 0) is 69.5 Å². The van der Waals surface area contributed by atoms with Crippen LogP contribution in [0.1, 0.15) is 50.9 Å². The molecule has 0 aliphatic carbocycles. The fourth-order valence-corrected chi connectivity index (χ4v) is 4.56. The summed E-state index contributed by atoms with van der Waals surface area (Å²) in [7, 11) is 0. The third-order valence-electron chi connectivity index (χ3n) is 5.14. The summed E-state index contributed by atoms with van der Waals surface area (Å²) < 4.78 is 1.97. The molecular weight excluding hydrogens is 370 g/mol. The van der Waals surface area contributed by atoms with Crippen LogP contribution >= 0.6 is 11.3 Å². The Morgan fingerprint density at radius 3 is 2.68 bits per heavy atom. The summed E-state index contributed by atoms with van der Waals surface area (Å²) in [6.07, 6.45) is 4.17. The van der Waals surface area contributed by atoms with Crippen LogP contribution in [0.4, 0.5) is 5.13 Å². The van der Waals surface area contributed by atoms with Gasteiger partial charge in [0.1, 0.15) is 0 Å². The first-order valence-corrected chi connectivity index (χ1v) is 10.5. The molecule has 0 saturated carbocycles. The van der Waals surface area contributed by atoms with Crippen molar-refractivity contribution in [2.24, 2.45) is 0 Å². The second-order valence-electron chi connectivity index (χ2n) is 7.33. The number of nitrogens with zero attached hydrogens (tertiary/aromatic N) is 3. The first-order chi connectivity index (χ1) is 13.6. The number of piperidine rings is 1. The summed E-state index contributed by atoms with van der Waals surface area (Å²) in [5.41, 5.74) is 3.90. The number of carbonyl (C=O) groups excluding carboxylic acids is 1. The van der Waals surface area contributed by atoms with Gasteiger partial charge in [0.2, 0.25) is 0 Å². The van der Waals surface area contributed by atoms with E-state index in [9.17, 15) is 4.79 Å². The lowest BCUT2D eigenvalue weighted by atomic mass is 9.97. The highest BCUT2D eigenvalue weighted by molar-refractivity contribution is 7.15. The lowest BCUT2D eigenvalue weighted by molar-refractivity contribution is 0.102. The van der Waals surface area contributed by atoms with E-state index in [-0.39, 0.29) is 5.91 Å². The van der Waals surface area contributed by atoms with Crippen molar-refractivity contribution in [1.29, 1.82) is 0 Å². The molecule has 28 heavy (non-hydrogen) atoms. The average Bonchev–Trinajstić information content (AvgIpc) is 3.29. The summed E-state index contributed by atoms with van der Waals surface area (Å²) in [5, 5.41) is 11.5. The van der Waals surface area contributed by atoms with Crippen LogP contribution in [0.3, 0.4) is 0 Å². The first kappa shape index (κ1) is 18.8. The van der Waals surface area contributed by atoms with Gasteiger partial charge in [0.15, 0.2) is 5.13 Å². The lowest BCUT2D eigenvalue weighted by Gasteiger charge is -2.20. The van der Waals surface area contributed by atoms with Crippen molar-refractivity contribution >= 4 is 22.4 Å². The summed E-state index contributed by atoms with van der Waals surface area (Å²) in [4.78, 5) is 18.2. The van der Waals surface area contributed by atoms with Gasteiger partial charge in [0.25, 0.3) is 5.91 Å². The Morgan fingerprint density at radius 1 is 1.25 bits per heavy atom. The molecule has 3 aromatic rings. The number of anilines is 1. The zero-order valence-electron chi connectivity index (χ0n) is 16.2. The number of benzene rings is 1. The number of hydrogen-bond donors (Lipinski definition) is 2. The molecule has 2 N–H and O–H groups in total. The Balaban J connectivity index is 1.38. The van der Waals surface area contributed by atoms with Gasteiger partial charge in [-0.2, -0.15) is 5.10 Å². The highest BCUT2D eigenvalue weighted by atomic mass is 32.1. The minimum atomic E-state index is -0.121. The zero-order chi connectivity index (χ0) is 19.5. The maximum Gasteiger partial charge on any atom is 0.257 e. The number of aryl methyl sites for hydroxylation is 2. The largest absolute Gasteiger partial charge is 0.317 e. The van der Waals surface area contributed by atoms with Gasteiger partial charge in [0.05, 0.1) is 12.2 Å². The van der Waals surface area contributed by atoms with E-state index in [0.717, 1.165) is 42.9 Å². The van der Waals surface area contributed by atoms with E-state index in [1.54, 1.807) is 11.3 Å². The van der Waals surface area contributed by atoms with Crippen molar-refractivity contribution < 1.29 is 4.79 Å². The highest BCUT2D eigenvalue weighted by Crippen LogP contribution is 2.31. The van der Waals surface area contributed by atoms with E-state index in [1.165, 1.54) is 4.88 Å². The molecular formula is C21H25N5OS.